The molecule has 6 heteroatoms. The second-order valence-electron chi connectivity index (χ2n) is 4.98. The highest BCUT2D eigenvalue weighted by molar-refractivity contribution is 8.00. The molecule has 0 radical (unpaired) electrons. The lowest BCUT2D eigenvalue weighted by molar-refractivity contribution is -0.148. The predicted octanol–water partition coefficient (Wildman–Crippen LogP) is 2.14. The summed E-state index contributed by atoms with van der Waals surface area (Å²) < 4.78 is 0. The van der Waals surface area contributed by atoms with Crippen molar-refractivity contribution in [3.05, 3.63) is 0 Å². The van der Waals surface area contributed by atoms with E-state index in [9.17, 15) is 14.7 Å². The van der Waals surface area contributed by atoms with Crippen LogP contribution >= 0.6 is 23.5 Å². The third-order valence-corrected chi connectivity index (χ3v) is 5.42. The van der Waals surface area contributed by atoms with Crippen LogP contribution in [-0.4, -0.2) is 50.1 Å². The van der Waals surface area contributed by atoms with Gasteiger partial charge in [-0.15, -0.1) is 23.5 Å². The number of thioether (sulfide) groups is 2. The zero-order chi connectivity index (χ0) is 13.9. The average molecular weight is 291 g/mol. The number of rotatable bonds is 5. The van der Waals surface area contributed by atoms with E-state index in [4.69, 9.17) is 0 Å². The van der Waals surface area contributed by atoms with Crippen LogP contribution in [0, 0.1) is 5.92 Å². The number of carboxylic acids is 1. The molecule has 0 spiro atoms. The van der Waals surface area contributed by atoms with Crippen molar-refractivity contribution in [3.63, 3.8) is 0 Å². The van der Waals surface area contributed by atoms with E-state index in [1.165, 1.54) is 0 Å². The molecule has 1 N–H and O–H groups in total. The first-order valence-electron chi connectivity index (χ1n) is 6.11. The molecule has 2 unspecified atom stereocenters. The summed E-state index contributed by atoms with van der Waals surface area (Å²) in [5.41, 5.74) is 0. The predicted molar refractivity (Wildman–Crippen MR) is 76.9 cm³/mol. The molecule has 0 saturated carbocycles. The quantitative estimate of drug-likeness (QED) is 0.841. The number of carbonyl (C=O) groups is 2. The third-order valence-electron chi connectivity index (χ3n) is 2.72. The molecule has 104 valence electrons. The summed E-state index contributed by atoms with van der Waals surface area (Å²) in [6, 6.07) is -0.664. The molecule has 1 fully saturated rings. The van der Waals surface area contributed by atoms with Crippen LogP contribution < -0.4 is 0 Å². The molecule has 0 aliphatic carbocycles. The Hall–Kier alpha value is -0.360. The lowest BCUT2D eigenvalue weighted by atomic mass is 10.1. The second-order valence-corrected chi connectivity index (χ2v) is 7.70. The number of nitrogens with zero attached hydrogens (tertiary/aromatic N) is 1. The number of carboxylic acid groups (broad SMARTS) is 1. The monoisotopic (exact) mass is 291 g/mol. The Morgan fingerprint density at radius 1 is 1.39 bits per heavy atom. The standard InChI is InChI=1S/C12H21NO3S2/c1-7(2)11-13(9(5-18-11)12(15)16)10(14)6-17-8(3)4/h7-9,11H,5-6H2,1-4H3,(H,15,16). The molecule has 1 amide bonds. The Labute approximate surface area is 117 Å². The zero-order valence-corrected chi connectivity index (χ0v) is 12.9. The van der Waals surface area contributed by atoms with E-state index in [0.29, 0.717) is 16.8 Å². The fourth-order valence-corrected chi connectivity index (χ4v) is 3.98. The molecule has 1 aliphatic rings. The van der Waals surface area contributed by atoms with Gasteiger partial charge in [0.15, 0.2) is 0 Å². The van der Waals surface area contributed by atoms with Crippen LogP contribution in [0.2, 0.25) is 0 Å². The van der Waals surface area contributed by atoms with Gasteiger partial charge in [-0.05, 0) is 11.2 Å². The summed E-state index contributed by atoms with van der Waals surface area (Å²) in [5.74, 6) is 0.187. The first kappa shape index (κ1) is 15.7. The lowest BCUT2D eigenvalue weighted by Crippen LogP contribution is -2.48. The Bertz CT molecular complexity index is 320. The van der Waals surface area contributed by atoms with E-state index in [0.717, 1.165) is 0 Å². The number of carbonyl (C=O) groups excluding carboxylic acids is 1. The van der Waals surface area contributed by atoms with Gasteiger partial charge >= 0.3 is 5.97 Å². The molecule has 0 aromatic carbocycles. The molecule has 18 heavy (non-hydrogen) atoms. The van der Waals surface area contributed by atoms with Gasteiger partial charge in [0.05, 0.1) is 11.1 Å². The minimum Gasteiger partial charge on any atom is -0.480 e. The van der Waals surface area contributed by atoms with Gasteiger partial charge < -0.3 is 10.0 Å². The van der Waals surface area contributed by atoms with Crippen molar-refractivity contribution < 1.29 is 14.7 Å². The van der Waals surface area contributed by atoms with Crippen LogP contribution in [0.3, 0.4) is 0 Å². The number of hydrogen-bond acceptors (Lipinski definition) is 4. The molecule has 1 aliphatic heterocycles. The molecule has 2 atom stereocenters. The summed E-state index contributed by atoms with van der Waals surface area (Å²) in [6.45, 7) is 8.12. The number of hydrogen-bond donors (Lipinski definition) is 1. The third kappa shape index (κ3) is 3.82. The Morgan fingerprint density at radius 2 is 2.00 bits per heavy atom. The zero-order valence-electron chi connectivity index (χ0n) is 11.3. The first-order valence-corrected chi connectivity index (χ1v) is 8.21. The Kier molecular flexibility index (Phi) is 5.85. The maximum atomic E-state index is 12.2. The van der Waals surface area contributed by atoms with Crippen LogP contribution in [0.5, 0.6) is 0 Å². The molecular weight excluding hydrogens is 270 g/mol. The number of amides is 1. The van der Waals surface area contributed by atoms with Gasteiger partial charge in [-0.3, -0.25) is 4.79 Å². The van der Waals surface area contributed by atoms with Crippen molar-refractivity contribution in [1.82, 2.24) is 4.90 Å². The minimum absolute atomic E-state index is 0.00800. The topological polar surface area (TPSA) is 57.6 Å². The summed E-state index contributed by atoms with van der Waals surface area (Å²) in [5, 5.41) is 9.57. The van der Waals surface area contributed by atoms with Gasteiger partial charge in [-0.2, -0.15) is 0 Å². The normalized spacial score (nSPS) is 24.0. The van der Waals surface area contributed by atoms with Crippen molar-refractivity contribution in [2.45, 2.75) is 44.4 Å². The van der Waals surface area contributed by atoms with Gasteiger partial charge in [0.1, 0.15) is 6.04 Å². The minimum atomic E-state index is -0.895. The highest BCUT2D eigenvalue weighted by atomic mass is 32.2. The van der Waals surface area contributed by atoms with Crippen molar-refractivity contribution in [2.75, 3.05) is 11.5 Å². The second kappa shape index (κ2) is 6.70. The molecular formula is C12H21NO3S2. The fourth-order valence-electron chi connectivity index (χ4n) is 1.86. The molecule has 1 saturated heterocycles. The van der Waals surface area contributed by atoms with Crippen molar-refractivity contribution in [1.29, 1.82) is 0 Å². The largest absolute Gasteiger partial charge is 0.480 e. The average Bonchev–Trinajstić information content (AvgIpc) is 2.70. The maximum absolute atomic E-state index is 12.2. The van der Waals surface area contributed by atoms with Crippen LogP contribution in [0.15, 0.2) is 0 Å². The van der Waals surface area contributed by atoms with Crippen molar-refractivity contribution in [3.8, 4) is 0 Å². The van der Waals surface area contributed by atoms with Crippen LogP contribution in [0.4, 0.5) is 0 Å². The highest BCUT2D eigenvalue weighted by Crippen LogP contribution is 2.34. The summed E-state index contributed by atoms with van der Waals surface area (Å²) in [6.07, 6.45) is 0. The van der Waals surface area contributed by atoms with E-state index < -0.39 is 12.0 Å². The van der Waals surface area contributed by atoms with Gasteiger partial charge in [-0.25, -0.2) is 4.79 Å². The van der Waals surface area contributed by atoms with Crippen molar-refractivity contribution in [2.24, 2.45) is 5.92 Å². The maximum Gasteiger partial charge on any atom is 0.327 e. The van der Waals surface area contributed by atoms with Crippen molar-refractivity contribution >= 4 is 35.4 Å². The molecule has 0 aromatic heterocycles. The van der Waals surface area contributed by atoms with Gasteiger partial charge in [-0.1, -0.05) is 27.7 Å². The molecule has 0 aromatic rings. The Morgan fingerprint density at radius 3 is 2.44 bits per heavy atom. The van der Waals surface area contributed by atoms with E-state index in [2.05, 4.69) is 0 Å². The molecule has 1 heterocycles. The summed E-state index contributed by atoms with van der Waals surface area (Å²) >= 11 is 3.13. The smallest absolute Gasteiger partial charge is 0.327 e. The van der Waals surface area contributed by atoms with E-state index in [1.807, 2.05) is 27.7 Å². The van der Waals surface area contributed by atoms with Gasteiger partial charge in [0, 0.05) is 5.75 Å². The highest BCUT2D eigenvalue weighted by Gasteiger charge is 2.42. The summed E-state index contributed by atoms with van der Waals surface area (Å²) in [7, 11) is 0. The first-order chi connectivity index (χ1) is 8.34. The summed E-state index contributed by atoms with van der Waals surface area (Å²) in [4.78, 5) is 25.0. The van der Waals surface area contributed by atoms with E-state index in [-0.39, 0.29) is 17.2 Å². The molecule has 4 nitrogen and oxygen atoms in total. The Balaban J connectivity index is 2.76. The van der Waals surface area contributed by atoms with Gasteiger partial charge in [0.25, 0.3) is 0 Å². The molecule has 0 bridgehead atoms. The fraction of sp³-hybridized carbons (Fsp3) is 0.833. The van der Waals surface area contributed by atoms with E-state index >= 15 is 0 Å². The van der Waals surface area contributed by atoms with Gasteiger partial charge in [0.2, 0.25) is 5.91 Å². The van der Waals surface area contributed by atoms with E-state index in [1.54, 1.807) is 28.4 Å². The van der Waals surface area contributed by atoms with Crippen LogP contribution in [0.25, 0.3) is 0 Å². The lowest BCUT2D eigenvalue weighted by Gasteiger charge is -2.29. The number of aliphatic carboxylic acids is 1. The van der Waals surface area contributed by atoms with Crippen LogP contribution in [0.1, 0.15) is 27.7 Å². The SMILES string of the molecule is CC(C)SCC(=O)N1C(C(=O)O)CSC1C(C)C. The molecule has 1 rings (SSSR count). The van der Waals surface area contributed by atoms with Crippen LogP contribution in [-0.2, 0) is 9.59 Å².